The number of sulfonamides is 1. The van der Waals surface area contributed by atoms with E-state index in [1.54, 1.807) is 0 Å². The Balaban J connectivity index is 1.73. The highest BCUT2D eigenvalue weighted by Crippen LogP contribution is 2.25. The van der Waals surface area contributed by atoms with Gasteiger partial charge in [-0.2, -0.15) is 0 Å². The molecule has 4 N–H and O–H groups in total. The number of likely N-dealkylation sites (tertiary alicyclic amines) is 1. The smallest absolute Gasteiger partial charge is 0.244 e. The molecule has 1 aromatic carbocycles. The molecule has 1 saturated carbocycles. The van der Waals surface area contributed by atoms with E-state index in [1.165, 1.54) is 11.3 Å². The molecular weight excluding hydrogens is 428 g/mol. The lowest BCUT2D eigenvalue weighted by Gasteiger charge is -2.38. The molecule has 2 amide bonds. The standard InChI is InChI=1S/C23H36N4O4S/c1-32(30,31)26-19(16-17-10-4-2-5-11-17)23(29)27-15-9-8-14-20(27)22(28)25-21(24)18-12-6-3-7-13-18/h2,4-5,10-11,18-21,26H,3,6-9,12-16,24H2,1H3,(H,25,28)/t19-,20?,21?/m1/s1. The first-order chi connectivity index (χ1) is 15.2. The summed E-state index contributed by atoms with van der Waals surface area (Å²) in [4.78, 5) is 28.1. The minimum absolute atomic E-state index is 0.221. The van der Waals surface area contributed by atoms with Crippen molar-refractivity contribution < 1.29 is 18.0 Å². The molecule has 1 heterocycles. The molecule has 32 heavy (non-hydrogen) atoms. The Morgan fingerprint density at radius 1 is 1.06 bits per heavy atom. The number of carbonyl (C=O) groups excluding carboxylic acids is 2. The van der Waals surface area contributed by atoms with Crippen LogP contribution in [0.5, 0.6) is 0 Å². The Bertz CT molecular complexity index is 871. The second kappa shape index (κ2) is 11.2. The van der Waals surface area contributed by atoms with Crippen molar-refractivity contribution in [2.45, 2.75) is 76.0 Å². The van der Waals surface area contributed by atoms with Gasteiger partial charge in [-0.25, -0.2) is 13.1 Å². The summed E-state index contributed by atoms with van der Waals surface area (Å²) >= 11 is 0. The van der Waals surface area contributed by atoms with E-state index in [9.17, 15) is 18.0 Å². The Hall–Kier alpha value is -1.97. The fraction of sp³-hybridized carbons (Fsp3) is 0.652. The summed E-state index contributed by atoms with van der Waals surface area (Å²) < 4.78 is 26.4. The molecule has 1 aliphatic heterocycles. The highest BCUT2D eigenvalue weighted by atomic mass is 32.2. The molecule has 3 rings (SSSR count). The predicted molar refractivity (Wildman–Crippen MR) is 124 cm³/mol. The summed E-state index contributed by atoms with van der Waals surface area (Å²) in [5, 5.41) is 2.95. The van der Waals surface area contributed by atoms with E-state index >= 15 is 0 Å². The number of nitrogens with two attached hydrogens (primary N) is 1. The van der Waals surface area contributed by atoms with E-state index in [-0.39, 0.29) is 24.2 Å². The molecule has 1 saturated heterocycles. The lowest BCUT2D eigenvalue weighted by Crippen LogP contribution is -2.60. The second-order valence-electron chi connectivity index (χ2n) is 9.11. The Kier molecular flexibility index (Phi) is 8.67. The Morgan fingerprint density at radius 3 is 2.38 bits per heavy atom. The van der Waals surface area contributed by atoms with Crippen LogP contribution in [0.2, 0.25) is 0 Å². The number of carbonyl (C=O) groups is 2. The van der Waals surface area contributed by atoms with Gasteiger partial charge in [0.15, 0.2) is 0 Å². The van der Waals surface area contributed by atoms with Gasteiger partial charge in [-0.05, 0) is 50.0 Å². The number of nitrogens with one attached hydrogen (secondary N) is 2. The quantitative estimate of drug-likeness (QED) is 0.504. The maximum atomic E-state index is 13.5. The van der Waals surface area contributed by atoms with Crippen LogP contribution in [0.15, 0.2) is 30.3 Å². The van der Waals surface area contributed by atoms with Crippen molar-refractivity contribution in [1.82, 2.24) is 14.9 Å². The Morgan fingerprint density at radius 2 is 1.72 bits per heavy atom. The van der Waals surface area contributed by atoms with Gasteiger partial charge < -0.3 is 16.0 Å². The molecule has 0 aromatic heterocycles. The number of piperidine rings is 1. The van der Waals surface area contributed by atoms with Gasteiger partial charge >= 0.3 is 0 Å². The highest BCUT2D eigenvalue weighted by Gasteiger charge is 2.37. The van der Waals surface area contributed by atoms with E-state index in [4.69, 9.17) is 5.73 Å². The fourth-order valence-corrected chi connectivity index (χ4v) is 5.53. The average molecular weight is 465 g/mol. The van der Waals surface area contributed by atoms with Crippen molar-refractivity contribution >= 4 is 21.8 Å². The van der Waals surface area contributed by atoms with Crippen molar-refractivity contribution in [2.75, 3.05) is 12.8 Å². The third-order valence-corrected chi connectivity index (χ3v) is 7.20. The molecule has 178 valence electrons. The number of rotatable bonds is 8. The minimum Gasteiger partial charge on any atom is -0.339 e. The summed E-state index contributed by atoms with van der Waals surface area (Å²) in [6.07, 6.45) is 8.48. The van der Waals surface area contributed by atoms with Crippen LogP contribution in [0.1, 0.15) is 56.9 Å². The van der Waals surface area contributed by atoms with Gasteiger partial charge in [-0.15, -0.1) is 0 Å². The van der Waals surface area contributed by atoms with Crippen molar-refractivity contribution in [3.8, 4) is 0 Å². The number of benzene rings is 1. The summed E-state index contributed by atoms with van der Waals surface area (Å²) in [5.41, 5.74) is 7.14. The second-order valence-corrected chi connectivity index (χ2v) is 10.9. The summed E-state index contributed by atoms with van der Waals surface area (Å²) in [6, 6.07) is 7.67. The number of amides is 2. The van der Waals surface area contributed by atoms with Crippen LogP contribution in [-0.4, -0.2) is 56.2 Å². The van der Waals surface area contributed by atoms with Crippen molar-refractivity contribution in [3.63, 3.8) is 0 Å². The van der Waals surface area contributed by atoms with Gasteiger partial charge in [-0.1, -0.05) is 49.6 Å². The van der Waals surface area contributed by atoms with Crippen LogP contribution < -0.4 is 15.8 Å². The lowest BCUT2D eigenvalue weighted by atomic mass is 9.87. The van der Waals surface area contributed by atoms with Gasteiger partial charge in [0.05, 0.1) is 12.4 Å². The maximum absolute atomic E-state index is 13.5. The first-order valence-corrected chi connectivity index (χ1v) is 13.5. The topological polar surface area (TPSA) is 122 Å². The monoisotopic (exact) mass is 464 g/mol. The van der Waals surface area contributed by atoms with Gasteiger partial charge in [0.1, 0.15) is 12.1 Å². The normalized spacial score (nSPS) is 22.2. The predicted octanol–water partition coefficient (Wildman–Crippen LogP) is 1.51. The van der Waals surface area contributed by atoms with Gasteiger partial charge in [0.2, 0.25) is 21.8 Å². The van der Waals surface area contributed by atoms with Crippen LogP contribution in [0.4, 0.5) is 0 Å². The van der Waals surface area contributed by atoms with E-state index in [0.717, 1.165) is 50.3 Å². The van der Waals surface area contributed by atoms with Gasteiger partial charge in [0, 0.05) is 6.54 Å². The number of hydrogen-bond acceptors (Lipinski definition) is 5. The maximum Gasteiger partial charge on any atom is 0.244 e. The molecule has 2 unspecified atom stereocenters. The summed E-state index contributed by atoms with van der Waals surface area (Å²) in [6.45, 7) is 0.423. The zero-order valence-electron chi connectivity index (χ0n) is 18.8. The molecule has 1 aliphatic carbocycles. The molecule has 0 spiro atoms. The SMILES string of the molecule is CS(=O)(=O)N[C@H](Cc1ccccc1)C(=O)N1CCCCC1C(=O)NC(N)C1CCCCC1. The molecule has 3 atom stereocenters. The molecule has 2 aliphatic rings. The molecule has 1 aromatic rings. The van der Waals surface area contributed by atoms with E-state index in [0.29, 0.717) is 13.0 Å². The average Bonchev–Trinajstić information content (AvgIpc) is 2.78. The zero-order chi connectivity index (χ0) is 23.1. The first-order valence-electron chi connectivity index (χ1n) is 11.6. The molecule has 9 heteroatoms. The lowest BCUT2D eigenvalue weighted by molar-refractivity contribution is -0.144. The molecule has 0 radical (unpaired) electrons. The van der Waals surface area contributed by atoms with Crippen LogP contribution in [0, 0.1) is 5.92 Å². The third-order valence-electron chi connectivity index (χ3n) is 6.49. The summed E-state index contributed by atoms with van der Waals surface area (Å²) in [7, 11) is -3.62. The molecule has 8 nitrogen and oxygen atoms in total. The van der Waals surface area contributed by atoms with Crippen molar-refractivity contribution in [2.24, 2.45) is 11.7 Å². The van der Waals surface area contributed by atoms with Crippen LogP contribution in [0.3, 0.4) is 0 Å². The number of nitrogens with zero attached hydrogens (tertiary/aromatic N) is 1. The van der Waals surface area contributed by atoms with E-state index < -0.39 is 28.3 Å². The molecular formula is C23H36N4O4S. The van der Waals surface area contributed by atoms with Crippen molar-refractivity contribution in [3.05, 3.63) is 35.9 Å². The minimum atomic E-state index is -3.62. The van der Waals surface area contributed by atoms with E-state index in [2.05, 4.69) is 10.0 Å². The van der Waals surface area contributed by atoms with Crippen molar-refractivity contribution in [1.29, 1.82) is 0 Å². The van der Waals surface area contributed by atoms with Gasteiger partial charge in [-0.3, -0.25) is 9.59 Å². The largest absolute Gasteiger partial charge is 0.339 e. The Labute approximate surface area is 191 Å². The van der Waals surface area contributed by atoms with Gasteiger partial charge in [0.25, 0.3) is 0 Å². The first kappa shape index (κ1) is 24.7. The molecule has 2 fully saturated rings. The van der Waals surface area contributed by atoms with E-state index in [1.807, 2.05) is 30.3 Å². The van der Waals surface area contributed by atoms with Crippen LogP contribution in [-0.2, 0) is 26.0 Å². The zero-order valence-corrected chi connectivity index (χ0v) is 19.6. The van der Waals surface area contributed by atoms with Crippen LogP contribution in [0.25, 0.3) is 0 Å². The van der Waals surface area contributed by atoms with Crippen LogP contribution >= 0.6 is 0 Å². The third kappa shape index (κ3) is 7.02. The highest BCUT2D eigenvalue weighted by molar-refractivity contribution is 7.88. The summed E-state index contributed by atoms with van der Waals surface area (Å²) in [5.74, 6) is -0.350. The molecule has 0 bridgehead atoms. The fourth-order valence-electron chi connectivity index (χ4n) is 4.83. The number of hydrogen-bond donors (Lipinski definition) is 3.